The Morgan fingerprint density at radius 2 is 1.84 bits per heavy atom. The normalized spacial score (nSPS) is 11.2. The van der Waals surface area contributed by atoms with Crippen LogP contribution in [0.25, 0.3) is 21.9 Å². The summed E-state index contributed by atoms with van der Waals surface area (Å²) in [6, 6.07) is 14.0. The van der Waals surface area contributed by atoms with Gasteiger partial charge < -0.3 is 10.2 Å². The minimum absolute atomic E-state index is 0.672. The topological polar surface area (TPSA) is 39.2 Å². The molecule has 2 nitrogen and oxygen atoms in total. The first kappa shape index (κ1) is 12.7. The summed E-state index contributed by atoms with van der Waals surface area (Å²) in [6.07, 6.45) is 0. The lowest BCUT2D eigenvalue weighted by Gasteiger charge is -2.05. The van der Waals surface area contributed by atoms with E-state index in [1.807, 2.05) is 30.3 Å². The molecule has 0 aliphatic rings. The number of hydrogen-bond donors (Lipinski definition) is 1. The summed E-state index contributed by atoms with van der Waals surface area (Å²) in [5, 5.41) is 1.99. The lowest BCUT2D eigenvalue weighted by atomic mass is 10.1. The first-order valence-corrected chi connectivity index (χ1v) is 7.47. The summed E-state index contributed by atoms with van der Waals surface area (Å²) < 4.78 is 6.74. The zero-order valence-electron chi connectivity index (χ0n) is 10.3. The van der Waals surface area contributed by atoms with Crippen LogP contribution in [0.15, 0.2) is 51.8 Å². The van der Waals surface area contributed by atoms with Gasteiger partial charge in [0.2, 0.25) is 0 Å². The molecule has 0 amide bonds. The predicted molar refractivity (Wildman–Crippen MR) is 84.3 cm³/mol. The van der Waals surface area contributed by atoms with Crippen LogP contribution in [0.2, 0.25) is 0 Å². The molecular weight excluding hydrogens is 274 g/mol. The summed E-state index contributed by atoms with van der Waals surface area (Å²) in [6.45, 7) is 0.672. The van der Waals surface area contributed by atoms with Gasteiger partial charge in [0.05, 0.1) is 4.51 Å². The van der Waals surface area contributed by atoms with Crippen molar-refractivity contribution >= 4 is 45.9 Å². The van der Waals surface area contributed by atoms with Crippen molar-refractivity contribution in [2.45, 2.75) is 4.90 Å². The Hall–Kier alpha value is -1.36. The Balaban J connectivity index is 2.24. The van der Waals surface area contributed by atoms with Crippen LogP contribution in [-0.2, 0) is 0 Å². The monoisotopic (exact) mass is 287 g/mol. The highest BCUT2D eigenvalue weighted by atomic mass is 32.2. The van der Waals surface area contributed by atoms with Gasteiger partial charge in [0.1, 0.15) is 11.2 Å². The molecule has 96 valence electrons. The van der Waals surface area contributed by atoms with Crippen LogP contribution in [0.3, 0.4) is 0 Å². The van der Waals surface area contributed by atoms with Crippen molar-refractivity contribution in [1.82, 2.24) is 0 Å². The molecule has 2 N–H and O–H groups in total. The lowest BCUT2D eigenvalue weighted by Crippen LogP contribution is -2.00. The van der Waals surface area contributed by atoms with E-state index in [0.717, 1.165) is 32.2 Å². The van der Waals surface area contributed by atoms with Crippen LogP contribution in [0.5, 0.6) is 0 Å². The molecule has 1 aromatic heterocycles. The molecule has 19 heavy (non-hydrogen) atoms. The fraction of sp³-hybridized carbons (Fsp3) is 0.133. The summed E-state index contributed by atoms with van der Waals surface area (Å²) >= 11 is 7.31. The maximum atomic E-state index is 5.89. The lowest BCUT2D eigenvalue weighted by molar-refractivity contribution is 0.660. The minimum Gasteiger partial charge on any atom is -0.456 e. The van der Waals surface area contributed by atoms with Gasteiger partial charge in [0.25, 0.3) is 0 Å². The number of rotatable bonds is 3. The van der Waals surface area contributed by atoms with Gasteiger partial charge in [-0.3, -0.25) is 0 Å². The van der Waals surface area contributed by atoms with E-state index < -0.39 is 0 Å². The maximum absolute atomic E-state index is 5.89. The average molecular weight is 287 g/mol. The molecule has 0 saturated carbocycles. The Labute approximate surface area is 120 Å². The molecule has 0 aliphatic carbocycles. The molecule has 0 aliphatic heterocycles. The number of thioether (sulfide) groups is 1. The Morgan fingerprint density at radius 3 is 2.68 bits per heavy atom. The highest BCUT2D eigenvalue weighted by Crippen LogP contribution is 2.28. The molecule has 0 atom stereocenters. The van der Waals surface area contributed by atoms with E-state index >= 15 is 0 Å². The first-order valence-electron chi connectivity index (χ1n) is 6.08. The van der Waals surface area contributed by atoms with Crippen molar-refractivity contribution in [1.29, 1.82) is 0 Å². The van der Waals surface area contributed by atoms with Crippen molar-refractivity contribution in [2.24, 2.45) is 5.73 Å². The van der Waals surface area contributed by atoms with E-state index in [1.54, 1.807) is 11.8 Å². The van der Waals surface area contributed by atoms with Crippen LogP contribution in [0.4, 0.5) is 0 Å². The van der Waals surface area contributed by atoms with Gasteiger partial charge >= 0.3 is 0 Å². The van der Waals surface area contributed by atoms with E-state index in [2.05, 4.69) is 12.1 Å². The molecule has 0 radical (unpaired) electrons. The van der Waals surface area contributed by atoms with Crippen molar-refractivity contribution in [3.05, 3.63) is 47.0 Å². The van der Waals surface area contributed by atoms with Crippen molar-refractivity contribution in [2.75, 3.05) is 12.3 Å². The van der Waals surface area contributed by atoms with E-state index in [4.69, 9.17) is 22.4 Å². The van der Waals surface area contributed by atoms with Gasteiger partial charge in [-0.05, 0) is 30.3 Å². The number of fused-ring (bicyclic) bond motifs is 2. The molecule has 3 rings (SSSR count). The zero-order valence-corrected chi connectivity index (χ0v) is 11.9. The fourth-order valence-corrected chi connectivity index (χ4v) is 3.10. The van der Waals surface area contributed by atoms with Crippen LogP contribution in [0, 0.1) is 4.51 Å². The third kappa shape index (κ3) is 2.39. The van der Waals surface area contributed by atoms with Crippen molar-refractivity contribution in [3.8, 4) is 0 Å². The predicted octanol–water partition coefficient (Wildman–Crippen LogP) is 4.37. The van der Waals surface area contributed by atoms with Gasteiger partial charge in [-0.2, -0.15) is 0 Å². The second kappa shape index (κ2) is 5.33. The SMILES string of the molecule is NCCSc1ccc2oc3ccccc3c(=S)c2c1. The van der Waals surface area contributed by atoms with E-state index in [-0.39, 0.29) is 0 Å². The van der Waals surface area contributed by atoms with E-state index in [9.17, 15) is 0 Å². The van der Waals surface area contributed by atoms with Crippen molar-refractivity contribution < 1.29 is 4.42 Å². The molecule has 4 heteroatoms. The summed E-state index contributed by atoms with van der Waals surface area (Å²) in [5.74, 6) is 0.906. The van der Waals surface area contributed by atoms with Gasteiger partial charge in [-0.25, -0.2) is 0 Å². The highest BCUT2D eigenvalue weighted by Gasteiger charge is 2.05. The van der Waals surface area contributed by atoms with Gasteiger partial charge in [0.15, 0.2) is 0 Å². The van der Waals surface area contributed by atoms with Crippen LogP contribution >= 0.6 is 24.0 Å². The third-order valence-corrected chi connectivity index (χ3v) is 4.40. The van der Waals surface area contributed by atoms with E-state index in [1.165, 1.54) is 4.90 Å². The number of benzene rings is 2. The fourth-order valence-electron chi connectivity index (χ4n) is 2.05. The molecule has 3 aromatic rings. The smallest absolute Gasteiger partial charge is 0.136 e. The Morgan fingerprint density at radius 1 is 1.05 bits per heavy atom. The Kier molecular flexibility index (Phi) is 3.55. The minimum atomic E-state index is 0.672. The molecule has 0 spiro atoms. The Bertz CT molecular complexity index is 795. The largest absolute Gasteiger partial charge is 0.456 e. The van der Waals surface area contributed by atoms with Crippen LogP contribution < -0.4 is 5.73 Å². The quantitative estimate of drug-likeness (QED) is 0.441. The standard InChI is InChI=1S/C15H13NOS2/c16-7-8-19-10-5-6-14-12(9-10)15(18)11-3-1-2-4-13(11)17-14/h1-6,9H,7-8,16H2. The molecule has 0 fully saturated rings. The third-order valence-electron chi connectivity index (χ3n) is 2.93. The van der Waals surface area contributed by atoms with Crippen LogP contribution in [0.1, 0.15) is 0 Å². The maximum Gasteiger partial charge on any atom is 0.136 e. The van der Waals surface area contributed by atoms with Crippen LogP contribution in [-0.4, -0.2) is 12.3 Å². The van der Waals surface area contributed by atoms with Gasteiger partial charge in [-0.1, -0.05) is 24.4 Å². The summed E-state index contributed by atoms with van der Waals surface area (Å²) in [7, 11) is 0. The molecule has 0 saturated heterocycles. The number of para-hydroxylation sites is 1. The molecule has 0 bridgehead atoms. The van der Waals surface area contributed by atoms with Gasteiger partial charge in [0, 0.05) is 28.0 Å². The molecule has 0 unspecified atom stereocenters. The van der Waals surface area contributed by atoms with Crippen molar-refractivity contribution in [3.63, 3.8) is 0 Å². The first-order chi connectivity index (χ1) is 9.29. The highest BCUT2D eigenvalue weighted by molar-refractivity contribution is 7.99. The molecular formula is C15H13NOS2. The van der Waals surface area contributed by atoms with E-state index in [0.29, 0.717) is 6.54 Å². The molecule has 2 aromatic carbocycles. The second-order valence-electron chi connectivity index (χ2n) is 4.22. The number of nitrogens with two attached hydrogens (primary N) is 1. The molecule has 1 heterocycles. The van der Waals surface area contributed by atoms with Gasteiger partial charge in [-0.15, -0.1) is 11.8 Å². The zero-order chi connectivity index (χ0) is 13.2. The summed E-state index contributed by atoms with van der Waals surface area (Å²) in [5.41, 5.74) is 7.20. The average Bonchev–Trinajstić information content (AvgIpc) is 2.46. The second-order valence-corrected chi connectivity index (χ2v) is 5.80. The number of hydrogen-bond acceptors (Lipinski definition) is 4. The summed E-state index contributed by atoms with van der Waals surface area (Å²) in [4.78, 5) is 1.18.